The Labute approximate surface area is 161 Å². The molecule has 0 saturated carbocycles. The van der Waals surface area contributed by atoms with Crippen molar-refractivity contribution < 1.29 is 23.5 Å². The summed E-state index contributed by atoms with van der Waals surface area (Å²) in [5.41, 5.74) is 1.93. The molecule has 1 N–H and O–H groups in total. The number of carbonyl (C=O) groups is 2. The Morgan fingerprint density at radius 2 is 1.61 bits per heavy atom. The van der Waals surface area contributed by atoms with Gasteiger partial charge < -0.3 is 14.8 Å². The number of halogens is 1. The van der Waals surface area contributed by atoms with Gasteiger partial charge in [-0.1, -0.05) is 12.1 Å². The molecule has 0 radical (unpaired) electrons. The highest BCUT2D eigenvalue weighted by Gasteiger charge is 2.10. The molecule has 3 rings (SSSR count). The van der Waals surface area contributed by atoms with Crippen molar-refractivity contribution in [2.75, 3.05) is 12.4 Å². The number of esters is 1. The Morgan fingerprint density at radius 3 is 2.25 bits per heavy atom. The van der Waals surface area contributed by atoms with E-state index in [1.54, 1.807) is 67.8 Å². The van der Waals surface area contributed by atoms with Gasteiger partial charge in [-0.15, -0.1) is 0 Å². The van der Waals surface area contributed by atoms with Crippen LogP contribution in [0.3, 0.4) is 0 Å². The second kappa shape index (κ2) is 8.81. The maximum absolute atomic E-state index is 13.1. The summed E-state index contributed by atoms with van der Waals surface area (Å²) in [4.78, 5) is 24.3. The highest BCUT2D eigenvalue weighted by molar-refractivity contribution is 6.04. The number of hydrogen-bond donors (Lipinski definition) is 1. The molecule has 142 valence electrons. The Morgan fingerprint density at radius 1 is 0.929 bits per heavy atom. The van der Waals surface area contributed by atoms with Crippen LogP contribution in [0.1, 0.15) is 26.3 Å². The van der Waals surface area contributed by atoms with E-state index in [1.165, 1.54) is 12.1 Å². The van der Waals surface area contributed by atoms with Gasteiger partial charge in [-0.2, -0.15) is 0 Å². The number of ether oxygens (including phenoxy) is 2. The quantitative estimate of drug-likeness (QED) is 0.643. The SMILES string of the molecule is COc1ccc(C(=O)Nc2ccc(C(=O)OCc3cccc(F)c3)cc2)cc1. The molecule has 3 aromatic rings. The van der Waals surface area contributed by atoms with Crippen molar-refractivity contribution >= 4 is 17.6 Å². The number of hydrogen-bond acceptors (Lipinski definition) is 4. The summed E-state index contributed by atoms with van der Waals surface area (Å²) < 4.78 is 23.4. The Bertz CT molecular complexity index is 969. The van der Waals surface area contributed by atoms with Gasteiger partial charge in [0.2, 0.25) is 0 Å². The Balaban J connectivity index is 1.57. The number of nitrogens with one attached hydrogen (secondary N) is 1. The van der Waals surface area contributed by atoms with Crippen LogP contribution in [0, 0.1) is 5.82 Å². The van der Waals surface area contributed by atoms with Gasteiger partial charge in [0.15, 0.2) is 0 Å². The second-order valence-corrected chi connectivity index (χ2v) is 5.97. The molecule has 5 nitrogen and oxygen atoms in total. The van der Waals surface area contributed by atoms with E-state index in [4.69, 9.17) is 9.47 Å². The minimum absolute atomic E-state index is 0.0213. The largest absolute Gasteiger partial charge is 0.497 e. The lowest BCUT2D eigenvalue weighted by atomic mass is 10.1. The fraction of sp³-hybridized carbons (Fsp3) is 0.0909. The number of rotatable bonds is 6. The molecule has 28 heavy (non-hydrogen) atoms. The third-order valence-electron chi connectivity index (χ3n) is 3.99. The molecule has 1 amide bonds. The molecule has 0 unspecified atom stereocenters. The normalized spacial score (nSPS) is 10.2. The smallest absolute Gasteiger partial charge is 0.338 e. The summed E-state index contributed by atoms with van der Waals surface area (Å²) >= 11 is 0. The monoisotopic (exact) mass is 379 g/mol. The van der Waals surface area contributed by atoms with E-state index in [0.29, 0.717) is 28.1 Å². The summed E-state index contributed by atoms with van der Waals surface area (Å²) in [5, 5.41) is 2.75. The fourth-order valence-corrected chi connectivity index (χ4v) is 2.49. The topological polar surface area (TPSA) is 64.6 Å². The number of amides is 1. The van der Waals surface area contributed by atoms with Crippen LogP contribution in [-0.4, -0.2) is 19.0 Å². The zero-order valence-electron chi connectivity index (χ0n) is 15.1. The first-order chi connectivity index (χ1) is 13.5. The average molecular weight is 379 g/mol. The highest BCUT2D eigenvalue weighted by Crippen LogP contribution is 2.15. The maximum Gasteiger partial charge on any atom is 0.338 e. The summed E-state index contributed by atoms with van der Waals surface area (Å²) in [6.45, 7) is -0.0213. The minimum atomic E-state index is -0.530. The van der Waals surface area contributed by atoms with Gasteiger partial charge in [-0.3, -0.25) is 4.79 Å². The van der Waals surface area contributed by atoms with Gasteiger partial charge in [0.05, 0.1) is 12.7 Å². The number of carbonyl (C=O) groups excluding carboxylic acids is 2. The molecular weight excluding hydrogens is 361 g/mol. The van der Waals surface area contributed by atoms with E-state index in [0.717, 1.165) is 0 Å². The lowest BCUT2D eigenvalue weighted by Crippen LogP contribution is -2.12. The van der Waals surface area contributed by atoms with Crippen LogP contribution in [0.15, 0.2) is 72.8 Å². The summed E-state index contributed by atoms with van der Waals surface area (Å²) in [6.07, 6.45) is 0. The maximum atomic E-state index is 13.1. The average Bonchev–Trinajstić information content (AvgIpc) is 2.72. The predicted molar refractivity (Wildman–Crippen MR) is 103 cm³/mol. The number of methoxy groups -OCH3 is 1. The van der Waals surface area contributed by atoms with E-state index >= 15 is 0 Å². The first-order valence-electron chi connectivity index (χ1n) is 8.52. The van der Waals surface area contributed by atoms with Gasteiger partial charge in [0, 0.05) is 11.3 Å². The molecule has 0 saturated heterocycles. The number of benzene rings is 3. The van der Waals surface area contributed by atoms with E-state index in [2.05, 4.69) is 5.32 Å². The van der Waals surface area contributed by atoms with Crippen LogP contribution >= 0.6 is 0 Å². The van der Waals surface area contributed by atoms with Crippen molar-refractivity contribution in [1.29, 1.82) is 0 Å². The van der Waals surface area contributed by atoms with Gasteiger partial charge in [0.25, 0.3) is 5.91 Å². The van der Waals surface area contributed by atoms with E-state index in [-0.39, 0.29) is 18.3 Å². The van der Waals surface area contributed by atoms with Crippen LogP contribution in [0.2, 0.25) is 0 Å². The van der Waals surface area contributed by atoms with Gasteiger partial charge in [-0.05, 0) is 66.2 Å². The minimum Gasteiger partial charge on any atom is -0.497 e. The summed E-state index contributed by atoms with van der Waals surface area (Å²) in [7, 11) is 1.56. The van der Waals surface area contributed by atoms with Gasteiger partial charge >= 0.3 is 5.97 Å². The lowest BCUT2D eigenvalue weighted by Gasteiger charge is -2.08. The van der Waals surface area contributed by atoms with Crippen molar-refractivity contribution in [3.8, 4) is 5.75 Å². The number of anilines is 1. The first-order valence-corrected chi connectivity index (χ1v) is 8.52. The Kier molecular flexibility index (Phi) is 6.01. The molecule has 0 aliphatic rings. The summed E-state index contributed by atoms with van der Waals surface area (Å²) in [5.74, 6) is -0.524. The third-order valence-corrected chi connectivity index (χ3v) is 3.99. The van der Waals surface area contributed by atoms with Crippen LogP contribution in [0.5, 0.6) is 5.75 Å². The highest BCUT2D eigenvalue weighted by atomic mass is 19.1. The molecule has 0 fully saturated rings. The second-order valence-electron chi connectivity index (χ2n) is 5.97. The zero-order valence-corrected chi connectivity index (χ0v) is 15.1. The van der Waals surface area contributed by atoms with E-state index in [9.17, 15) is 14.0 Å². The third kappa shape index (κ3) is 4.94. The van der Waals surface area contributed by atoms with Gasteiger partial charge in [-0.25, -0.2) is 9.18 Å². The molecule has 3 aromatic carbocycles. The lowest BCUT2D eigenvalue weighted by molar-refractivity contribution is 0.0472. The van der Waals surface area contributed by atoms with E-state index < -0.39 is 5.97 Å². The molecule has 0 bridgehead atoms. The molecule has 0 aliphatic heterocycles. The molecule has 0 heterocycles. The van der Waals surface area contributed by atoms with Crippen LogP contribution in [-0.2, 0) is 11.3 Å². The van der Waals surface area contributed by atoms with Crippen molar-refractivity contribution in [2.24, 2.45) is 0 Å². The zero-order chi connectivity index (χ0) is 19.9. The molecule has 0 aromatic heterocycles. The van der Waals surface area contributed by atoms with E-state index in [1.807, 2.05) is 0 Å². The molecule has 0 aliphatic carbocycles. The Hall–Kier alpha value is -3.67. The van der Waals surface area contributed by atoms with Crippen molar-refractivity contribution in [2.45, 2.75) is 6.61 Å². The standard InChI is InChI=1S/C22H18FNO4/c1-27-20-11-7-16(8-12-20)21(25)24-19-9-5-17(6-10-19)22(26)28-14-15-3-2-4-18(23)13-15/h2-13H,14H2,1H3,(H,24,25). The van der Waals surface area contributed by atoms with Crippen LogP contribution < -0.4 is 10.1 Å². The van der Waals surface area contributed by atoms with Crippen molar-refractivity contribution in [3.63, 3.8) is 0 Å². The van der Waals surface area contributed by atoms with Gasteiger partial charge in [0.1, 0.15) is 18.2 Å². The molecule has 6 heteroatoms. The van der Waals surface area contributed by atoms with Crippen molar-refractivity contribution in [1.82, 2.24) is 0 Å². The molecular formula is C22H18FNO4. The molecule has 0 spiro atoms. The summed E-state index contributed by atoms with van der Waals surface area (Å²) in [6, 6.07) is 18.9. The van der Waals surface area contributed by atoms with Crippen molar-refractivity contribution in [3.05, 3.63) is 95.3 Å². The van der Waals surface area contributed by atoms with Crippen LogP contribution in [0.4, 0.5) is 10.1 Å². The first kappa shape index (κ1) is 19.1. The molecule has 0 atom stereocenters. The fourth-order valence-electron chi connectivity index (χ4n) is 2.49. The van der Waals surface area contributed by atoms with Crippen LogP contribution in [0.25, 0.3) is 0 Å². The predicted octanol–water partition coefficient (Wildman–Crippen LogP) is 4.44.